The van der Waals surface area contributed by atoms with Crippen LogP contribution in [0.3, 0.4) is 0 Å². The monoisotopic (exact) mass is 470 g/mol. The van der Waals surface area contributed by atoms with E-state index >= 15 is 0 Å². The molecule has 0 fully saturated rings. The average molecular weight is 470 g/mol. The maximum absolute atomic E-state index is 12.3. The fourth-order valence-corrected chi connectivity index (χ4v) is 2.86. The highest BCUT2D eigenvalue weighted by atomic mass is 127. The molecule has 2 rings (SSSR count). The van der Waals surface area contributed by atoms with Crippen molar-refractivity contribution in [2.75, 3.05) is 25.1 Å². The van der Waals surface area contributed by atoms with E-state index in [4.69, 9.17) is 21.7 Å². The molecule has 0 saturated carbocycles. The molecular formula is C18H19IN2O3S. The van der Waals surface area contributed by atoms with Crippen molar-refractivity contribution < 1.29 is 14.3 Å². The highest BCUT2D eigenvalue weighted by Gasteiger charge is 2.12. The standard InChI is InChI=1S/C18H19IN2O3S/c1-2-23-11-12-24-16-10-6-5-9-15(16)20-18(25)21-17(22)13-7-3-4-8-14(13)19/h3-10H,2,11-12H2,1H3,(H2,20,21,22,25). The van der Waals surface area contributed by atoms with Gasteiger partial charge in [0.2, 0.25) is 0 Å². The Labute approximate surface area is 166 Å². The number of amides is 1. The van der Waals surface area contributed by atoms with Crippen molar-refractivity contribution in [3.63, 3.8) is 0 Å². The second-order valence-corrected chi connectivity index (χ2v) is 6.50. The van der Waals surface area contributed by atoms with E-state index in [1.165, 1.54) is 0 Å². The molecule has 0 heterocycles. The summed E-state index contributed by atoms with van der Waals surface area (Å²) in [5, 5.41) is 5.90. The molecule has 0 aliphatic carbocycles. The molecule has 0 saturated heterocycles. The molecule has 1 amide bonds. The van der Waals surface area contributed by atoms with Crippen LogP contribution < -0.4 is 15.4 Å². The maximum atomic E-state index is 12.3. The Kier molecular flexibility index (Phi) is 8.10. The van der Waals surface area contributed by atoms with Crippen molar-refractivity contribution >= 4 is 51.5 Å². The first-order valence-corrected chi connectivity index (χ1v) is 9.27. The van der Waals surface area contributed by atoms with Gasteiger partial charge in [0.25, 0.3) is 5.91 Å². The van der Waals surface area contributed by atoms with Gasteiger partial charge in [0.05, 0.1) is 17.9 Å². The Morgan fingerprint density at radius 3 is 2.60 bits per heavy atom. The minimum atomic E-state index is -0.253. The molecule has 132 valence electrons. The van der Waals surface area contributed by atoms with Gasteiger partial charge in [0.1, 0.15) is 12.4 Å². The van der Waals surface area contributed by atoms with Gasteiger partial charge in [0, 0.05) is 10.2 Å². The number of ether oxygens (including phenoxy) is 2. The first-order chi connectivity index (χ1) is 12.1. The number of halogens is 1. The number of nitrogens with one attached hydrogen (secondary N) is 2. The first kappa shape index (κ1) is 19.6. The molecule has 0 radical (unpaired) electrons. The smallest absolute Gasteiger partial charge is 0.258 e. The molecule has 5 nitrogen and oxygen atoms in total. The van der Waals surface area contributed by atoms with Gasteiger partial charge in [-0.2, -0.15) is 0 Å². The van der Waals surface area contributed by atoms with E-state index in [9.17, 15) is 4.79 Å². The Hall–Kier alpha value is -1.71. The lowest BCUT2D eigenvalue weighted by Gasteiger charge is -2.14. The molecule has 0 aliphatic rings. The number of carbonyl (C=O) groups is 1. The molecule has 7 heteroatoms. The number of rotatable bonds is 7. The summed E-state index contributed by atoms with van der Waals surface area (Å²) in [5.74, 6) is 0.394. The third kappa shape index (κ3) is 6.26. The molecule has 2 aromatic rings. The van der Waals surface area contributed by atoms with E-state index in [2.05, 4.69) is 33.2 Å². The largest absolute Gasteiger partial charge is 0.489 e. The third-order valence-corrected chi connectivity index (χ3v) is 4.31. The summed E-state index contributed by atoms with van der Waals surface area (Å²) in [6.07, 6.45) is 0. The quantitative estimate of drug-likeness (QED) is 0.366. The fraction of sp³-hybridized carbons (Fsp3) is 0.222. The van der Waals surface area contributed by atoms with Gasteiger partial charge in [-0.05, 0) is 66.0 Å². The number of hydrogen-bond acceptors (Lipinski definition) is 4. The van der Waals surface area contributed by atoms with Crippen LogP contribution in [0.1, 0.15) is 17.3 Å². The van der Waals surface area contributed by atoms with E-state index in [1.807, 2.05) is 49.4 Å². The zero-order valence-electron chi connectivity index (χ0n) is 13.8. The Bertz CT molecular complexity index is 740. The summed E-state index contributed by atoms with van der Waals surface area (Å²) in [5.41, 5.74) is 1.26. The van der Waals surface area contributed by atoms with Crippen LogP contribution in [-0.2, 0) is 4.74 Å². The zero-order valence-corrected chi connectivity index (χ0v) is 16.7. The summed E-state index contributed by atoms with van der Waals surface area (Å²) in [6.45, 7) is 3.54. The van der Waals surface area contributed by atoms with Crippen LogP contribution in [0.4, 0.5) is 5.69 Å². The van der Waals surface area contributed by atoms with Crippen molar-refractivity contribution in [3.8, 4) is 5.75 Å². The van der Waals surface area contributed by atoms with Crippen LogP contribution in [0.25, 0.3) is 0 Å². The van der Waals surface area contributed by atoms with Gasteiger partial charge < -0.3 is 14.8 Å². The Morgan fingerprint density at radius 2 is 1.84 bits per heavy atom. The van der Waals surface area contributed by atoms with E-state index < -0.39 is 0 Å². The van der Waals surface area contributed by atoms with Gasteiger partial charge in [0.15, 0.2) is 5.11 Å². The summed E-state index contributed by atoms with van der Waals surface area (Å²) >= 11 is 7.36. The van der Waals surface area contributed by atoms with Crippen molar-refractivity contribution in [2.24, 2.45) is 0 Å². The molecule has 0 atom stereocenters. The minimum Gasteiger partial charge on any atom is -0.489 e. The predicted octanol–water partition coefficient (Wildman–Crippen LogP) is 3.83. The number of carbonyl (C=O) groups excluding carboxylic acids is 1. The Morgan fingerprint density at radius 1 is 1.12 bits per heavy atom. The van der Waals surface area contributed by atoms with Crippen LogP contribution in [-0.4, -0.2) is 30.8 Å². The highest BCUT2D eigenvalue weighted by Crippen LogP contribution is 2.23. The van der Waals surface area contributed by atoms with Crippen molar-refractivity contribution in [3.05, 3.63) is 57.7 Å². The summed E-state index contributed by atoms with van der Waals surface area (Å²) in [6, 6.07) is 14.7. The molecule has 25 heavy (non-hydrogen) atoms. The van der Waals surface area contributed by atoms with E-state index in [0.29, 0.717) is 36.8 Å². The molecule has 0 unspecified atom stereocenters. The number of para-hydroxylation sites is 2. The van der Waals surface area contributed by atoms with Gasteiger partial charge in [-0.1, -0.05) is 24.3 Å². The second-order valence-electron chi connectivity index (χ2n) is 4.93. The molecule has 0 spiro atoms. The third-order valence-electron chi connectivity index (χ3n) is 3.17. The lowest BCUT2D eigenvalue weighted by Crippen LogP contribution is -2.34. The fourth-order valence-electron chi connectivity index (χ4n) is 2.02. The van der Waals surface area contributed by atoms with Crippen molar-refractivity contribution in [2.45, 2.75) is 6.92 Å². The molecular weight excluding hydrogens is 451 g/mol. The highest BCUT2D eigenvalue weighted by molar-refractivity contribution is 14.1. The lowest BCUT2D eigenvalue weighted by atomic mass is 10.2. The average Bonchev–Trinajstić information content (AvgIpc) is 2.60. The molecule has 2 N–H and O–H groups in total. The molecule has 0 bridgehead atoms. The van der Waals surface area contributed by atoms with Gasteiger partial charge in [-0.25, -0.2) is 0 Å². The minimum absolute atomic E-state index is 0.213. The topological polar surface area (TPSA) is 59.6 Å². The summed E-state index contributed by atoms with van der Waals surface area (Å²) in [7, 11) is 0. The number of hydrogen-bond donors (Lipinski definition) is 2. The number of anilines is 1. The predicted molar refractivity (Wildman–Crippen MR) is 111 cm³/mol. The SMILES string of the molecule is CCOCCOc1ccccc1NC(=S)NC(=O)c1ccccc1I. The molecule has 2 aromatic carbocycles. The van der Waals surface area contributed by atoms with E-state index in [0.717, 1.165) is 3.57 Å². The normalized spacial score (nSPS) is 10.2. The molecule has 0 aliphatic heterocycles. The van der Waals surface area contributed by atoms with Crippen LogP contribution in [0.2, 0.25) is 0 Å². The summed E-state index contributed by atoms with van der Waals surface area (Å²) in [4.78, 5) is 12.3. The van der Waals surface area contributed by atoms with Crippen molar-refractivity contribution in [1.82, 2.24) is 5.32 Å². The molecule has 0 aromatic heterocycles. The van der Waals surface area contributed by atoms with Gasteiger partial charge in [-0.15, -0.1) is 0 Å². The zero-order chi connectivity index (χ0) is 18.1. The van der Waals surface area contributed by atoms with Crippen LogP contribution in [0, 0.1) is 3.57 Å². The summed E-state index contributed by atoms with van der Waals surface area (Å²) < 4.78 is 11.8. The maximum Gasteiger partial charge on any atom is 0.258 e. The first-order valence-electron chi connectivity index (χ1n) is 7.78. The number of benzene rings is 2. The van der Waals surface area contributed by atoms with Crippen LogP contribution in [0.5, 0.6) is 5.75 Å². The van der Waals surface area contributed by atoms with E-state index in [-0.39, 0.29) is 11.0 Å². The lowest BCUT2D eigenvalue weighted by molar-refractivity contribution is 0.0977. The van der Waals surface area contributed by atoms with Gasteiger partial charge >= 0.3 is 0 Å². The van der Waals surface area contributed by atoms with E-state index in [1.54, 1.807) is 6.07 Å². The number of thiocarbonyl (C=S) groups is 1. The Balaban J connectivity index is 1.96. The van der Waals surface area contributed by atoms with Crippen LogP contribution >= 0.6 is 34.8 Å². The van der Waals surface area contributed by atoms with Crippen molar-refractivity contribution in [1.29, 1.82) is 0 Å². The second kappa shape index (κ2) is 10.3. The van der Waals surface area contributed by atoms with Gasteiger partial charge in [-0.3, -0.25) is 10.1 Å². The van der Waals surface area contributed by atoms with Crippen LogP contribution in [0.15, 0.2) is 48.5 Å².